The number of aromatic nitrogens is 2. The summed E-state index contributed by atoms with van der Waals surface area (Å²) in [6, 6.07) is 0. The third-order valence-corrected chi connectivity index (χ3v) is 2.16. The molecule has 15 heavy (non-hydrogen) atoms. The first-order valence-electron chi connectivity index (χ1n) is 4.82. The number of nitrogens with one attached hydrogen (secondary N) is 1. The predicted octanol–water partition coefficient (Wildman–Crippen LogP) is 1.50. The molecule has 0 spiro atoms. The molecule has 4 nitrogen and oxygen atoms in total. The zero-order valence-electron chi connectivity index (χ0n) is 9.21. The van der Waals surface area contributed by atoms with Crippen LogP contribution in [0.25, 0.3) is 0 Å². The molecule has 0 saturated heterocycles. The van der Waals surface area contributed by atoms with Gasteiger partial charge in [0.2, 0.25) is 0 Å². The van der Waals surface area contributed by atoms with Gasteiger partial charge in [0.25, 0.3) is 0 Å². The van der Waals surface area contributed by atoms with Crippen molar-refractivity contribution in [1.29, 1.82) is 0 Å². The fourth-order valence-corrected chi connectivity index (χ4v) is 1.21. The Labute approximate surface area is 88.6 Å². The minimum Gasteiger partial charge on any atom is -0.396 e. The van der Waals surface area contributed by atoms with Crippen LogP contribution in [0.4, 0.5) is 10.2 Å². The molecule has 1 heterocycles. The lowest BCUT2D eigenvalue weighted by Gasteiger charge is -2.26. The van der Waals surface area contributed by atoms with Gasteiger partial charge in [0.15, 0.2) is 11.6 Å². The predicted molar refractivity (Wildman–Crippen MR) is 56.1 cm³/mol. The molecule has 0 amide bonds. The number of aliphatic hydroxyl groups excluding tert-OH is 1. The summed E-state index contributed by atoms with van der Waals surface area (Å²) in [4.78, 5) is 7.57. The van der Waals surface area contributed by atoms with Crippen LogP contribution in [0.15, 0.2) is 6.33 Å². The molecular formula is C10H16FN3O. The lowest BCUT2D eigenvalue weighted by atomic mass is 10.0. The number of nitrogens with zero attached hydrogens (tertiary/aromatic N) is 2. The molecule has 1 aromatic heterocycles. The van der Waals surface area contributed by atoms with Gasteiger partial charge in [0.05, 0.1) is 5.69 Å². The van der Waals surface area contributed by atoms with E-state index in [0.717, 1.165) is 0 Å². The van der Waals surface area contributed by atoms with Crippen molar-refractivity contribution in [3.63, 3.8) is 0 Å². The van der Waals surface area contributed by atoms with Gasteiger partial charge >= 0.3 is 0 Å². The Morgan fingerprint density at radius 2 is 2.13 bits per heavy atom. The third kappa shape index (κ3) is 3.13. The molecule has 0 atom stereocenters. The Morgan fingerprint density at radius 3 is 2.73 bits per heavy atom. The number of hydrogen-bond acceptors (Lipinski definition) is 4. The van der Waals surface area contributed by atoms with Crippen LogP contribution in [-0.2, 0) is 0 Å². The first-order valence-corrected chi connectivity index (χ1v) is 4.82. The van der Waals surface area contributed by atoms with Crippen molar-refractivity contribution in [2.24, 2.45) is 0 Å². The average Bonchev–Trinajstić information content (AvgIpc) is 2.12. The molecular weight excluding hydrogens is 197 g/mol. The Bertz CT molecular complexity index is 341. The van der Waals surface area contributed by atoms with Crippen molar-refractivity contribution < 1.29 is 9.50 Å². The van der Waals surface area contributed by atoms with Crippen LogP contribution >= 0.6 is 0 Å². The molecule has 0 unspecified atom stereocenters. The monoisotopic (exact) mass is 213 g/mol. The number of anilines is 1. The largest absolute Gasteiger partial charge is 0.396 e. The van der Waals surface area contributed by atoms with Crippen LogP contribution in [0, 0.1) is 12.7 Å². The summed E-state index contributed by atoms with van der Waals surface area (Å²) in [7, 11) is 0. The highest BCUT2D eigenvalue weighted by atomic mass is 19.1. The molecule has 1 rings (SSSR count). The van der Waals surface area contributed by atoms with E-state index in [4.69, 9.17) is 5.11 Å². The van der Waals surface area contributed by atoms with Gasteiger partial charge in [-0.05, 0) is 27.2 Å². The molecule has 0 aliphatic heterocycles. The quantitative estimate of drug-likeness (QED) is 0.795. The normalized spacial score (nSPS) is 11.5. The van der Waals surface area contributed by atoms with Gasteiger partial charge in [0, 0.05) is 12.1 Å². The van der Waals surface area contributed by atoms with E-state index in [9.17, 15) is 4.39 Å². The Morgan fingerprint density at radius 1 is 1.47 bits per heavy atom. The Hall–Kier alpha value is -1.23. The molecule has 1 aromatic rings. The molecule has 5 heteroatoms. The van der Waals surface area contributed by atoms with Gasteiger partial charge in [-0.3, -0.25) is 0 Å². The topological polar surface area (TPSA) is 58.0 Å². The van der Waals surface area contributed by atoms with E-state index in [1.165, 1.54) is 6.33 Å². The SMILES string of the molecule is Cc1ncnc(NC(C)(C)CCO)c1F. The summed E-state index contributed by atoms with van der Waals surface area (Å²) >= 11 is 0. The van der Waals surface area contributed by atoms with Crippen molar-refractivity contribution in [3.05, 3.63) is 17.8 Å². The standard InChI is InChI=1S/C10H16FN3O/c1-7-8(11)9(13-6-12-7)14-10(2,3)4-5-15/h6,15H,4-5H2,1-3H3,(H,12,13,14). The second kappa shape index (κ2) is 4.53. The van der Waals surface area contributed by atoms with Crippen molar-refractivity contribution in [2.45, 2.75) is 32.7 Å². The number of aryl methyl sites for hydroxylation is 1. The van der Waals surface area contributed by atoms with Crippen molar-refractivity contribution >= 4 is 5.82 Å². The van der Waals surface area contributed by atoms with Crippen molar-refractivity contribution in [2.75, 3.05) is 11.9 Å². The van der Waals surface area contributed by atoms with Crippen LogP contribution in [0.2, 0.25) is 0 Å². The second-order valence-corrected chi connectivity index (χ2v) is 4.10. The number of halogens is 1. The fourth-order valence-electron chi connectivity index (χ4n) is 1.21. The van der Waals surface area contributed by atoms with Gasteiger partial charge in [-0.15, -0.1) is 0 Å². The molecule has 0 saturated carbocycles. The second-order valence-electron chi connectivity index (χ2n) is 4.10. The molecule has 84 valence electrons. The van der Waals surface area contributed by atoms with Gasteiger partial charge < -0.3 is 10.4 Å². The molecule has 0 bridgehead atoms. The van der Waals surface area contributed by atoms with Crippen LogP contribution in [0.5, 0.6) is 0 Å². The van der Waals surface area contributed by atoms with Crippen LogP contribution < -0.4 is 5.32 Å². The Kier molecular flexibility index (Phi) is 3.57. The highest BCUT2D eigenvalue weighted by Crippen LogP contribution is 2.19. The first kappa shape index (κ1) is 11.8. The summed E-state index contributed by atoms with van der Waals surface area (Å²) in [6.07, 6.45) is 1.84. The van der Waals surface area contributed by atoms with Crippen molar-refractivity contribution in [1.82, 2.24) is 9.97 Å². The summed E-state index contributed by atoms with van der Waals surface area (Å²) in [5, 5.41) is 11.8. The van der Waals surface area contributed by atoms with E-state index in [2.05, 4.69) is 15.3 Å². The van der Waals surface area contributed by atoms with E-state index in [1.54, 1.807) is 6.92 Å². The third-order valence-electron chi connectivity index (χ3n) is 2.16. The van der Waals surface area contributed by atoms with Crippen molar-refractivity contribution in [3.8, 4) is 0 Å². The average molecular weight is 213 g/mol. The molecule has 0 aliphatic carbocycles. The van der Waals surface area contributed by atoms with E-state index in [0.29, 0.717) is 12.1 Å². The number of hydrogen-bond donors (Lipinski definition) is 2. The molecule has 0 aliphatic rings. The fraction of sp³-hybridized carbons (Fsp3) is 0.600. The van der Waals surface area contributed by atoms with Crippen LogP contribution in [0.3, 0.4) is 0 Å². The lowest BCUT2D eigenvalue weighted by Crippen LogP contribution is -2.33. The minimum atomic E-state index is -0.441. The van der Waals surface area contributed by atoms with Gasteiger partial charge in [-0.25, -0.2) is 14.4 Å². The maximum absolute atomic E-state index is 13.5. The maximum Gasteiger partial charge on any atom is 0.186 e. The smallest absolute Gasteiger partial charge is 0.186 e. The van der Waals surface area contributed by atoms with E-state index in [1.807, 2.05) is 13.8 Å². The van der Waals surface area contributed by atoms with E-state index < -0.39 is 11.4 Å². The lowest BCUT2D eigenvalue weighted by molar-refractivity contribution is 0.260. The number of aliphatic hydroxyl groups is 1. The van der Waals surface area contributed by atoms with E-state index >= 15 is 0 Å². The van der Waals surface area contributed by atoms with Gasteiger partial charge in [-0.1, -0.05) is 0 Å². The summed E-state index contributed by atoms with van der Waals surface area (Å²) in [5.74, 6) is -0.260. The summed E-state index contributed by atoms with van der Waals surface area (Å²) < 4.78 is 13.5. The summed E-state index contributed by atoms with van der Waals surface area (Å²) in [5.41, 5.74) is -0.0802. The maximum atomic E-state index is 13.5. The van der Waals surface area contributed by atoms with Crippen LogP contribution in [-0.4, -0.2) is 27.2 Å². The molecule has 0 aromatic carbocycles. The highest BCUT2D eigenvalue weighted by Gasteiger charge is 2.19. The Balaban J connectivity index is 2.85. The van der Waals surface area contributed by atoms with Gasteiger partial charge in [-0.2, -0.15) is 0 Å². The zero-order valence-corrected chi connectivity index (χ0v) is 9.21. The molecule has 0 radical (unpaired) electrons. The number of rotatable bonds is 4. The summed E-state index contributed by atoms with van der Waals surface area (Å²) in [6.45, 7) is 5.38. The zero-order chi connectivity index (χ0) is 11.5. The molecule has 0 fully saturated rings. The highest BCUT2D eigenvalue weighted by molar-refractivity contribution is 5.39. The van der Waals surface area contributed by atoms with Gasteiger partial charge in [0.1, 0.15) is 6.33 Å². The minimum absolute atomic E-state index is 0.0473. The van der Waals surface area contributed by atoms with E-state index in [-0.39, 0.29) is 12.4 Å². The molecule has 2 N–H and O–H groups in total. The van der Waals surface area contributed by atoms with Crippen LogP contribution in [0.1, 0.15) is 26.0 Å². The first-order chi connectivity index (χ1) is 6.96.